The Bertz CT molecular complexity index is 5680. The number of carbonyl (C=O) groups excluding carboxylic acids is 4. The zero-order chi connectivity index (χ0) is 80.7. The summed E-state index contributed by atoms with van der Waals surface area (Å²) in [4.78, 5) is 135. The second-order valence-electron chi connectivity index (χ2n) is 25.9. The topological polar surface area (TPSA) is 425 Å². The van der Waals surface area contributed by atoms with Crippen LogP contribution in [0.15, 0.2) is 224 Å². The van der Waals surface area contributed by atoms with Gasteiger partial charge in [-0.1, -0.05) is 66.2 Å². The van der Waals surface area contributed by atoms with Gasteiger partial charge >= 0.3 is 0 Å². The molecule has 1 unspecified atom stereocenters. The maximum atomic E-state index is 12.8. The average molecular weight is 1570 g/mol. The number of piperazine rings is 1. The van der Waals surface area contributed by atoms with Crippen LogP contribution in [0.5, 0.6) is 0 Å². The van der Waals surface area contributed by atoms with E-state index in [1.165, 1.54) is 19.0 Å². The Kier molecular flexibility index (Phi) is 26.3. The highest BCUT2D eigenvalue weighted by Gasteiger charge is 2.24. The zero-order valence-corrected chi connectivity index (χ0v) is 64.1. The van der Waals surface area contributed by atoms with Crippen molar-refractivity contribution in [3.8, 4) is 57.4 Å². The molecule has 12 aromatic heterocycles. The number of furan rings is 1. The minimum Gasteiger partial charge on any atom is -0.451 e. The third kappa shape index (κ3) is 21.5. The number of aliphatic hydroxyl groups is 1. The SMILES string of the molecule is Cc1nc(N2CCC(O)CC2)ccc1C(=O)Nc1ncnc(-c2ccccn2)n1.Cc1nc(N2CCNCC2)ccc1C(=O)Nc1ncnc(-c2ccccn2)n1.Cc1nc(NC(=O)c2ccc(-c3ccc(Cl)cc3)o2)nc(-c2ccccn2)n1.Cc1nc(NC(C)c2ccccc2)ccc1C(=O)Nc1ncnc(-c2ccccn2)n1. The van der Waals surface area contributed by atoms with Crippen LogP contribution < -0.4 is 41.7 Å². The van der Waals surface area contributed by atoms with Crippen LogP contribution in [0, 0.1) is 27.7 Å². The van der Waals surface area contributed by atoms with Gasteiger partial charge in [0.2, 0.25) is 23.8 Å². The molecular weight excluding hydrogens is 1490 g/mol. The summed E-state index contributed by atoms with van der Waals surface area (Å²) < 4.78 is 5.65. The van der Waals surface area contributed by atoms with Crippen molar-refractivity contribution in [1.82, 2.24) is 100 Å². The number of amides is 4. The molecule has 14 heterocycles. The van der Waals surface area contributed by atoms with Gasteiger partial charge < -0.3 is 30.0 Å². The van der Waals surface area contributed by atoms with E-state index in [0.717, 1.165) is 74.9 Å². The molecule has 14 aromatic rings. The van der Waals surface area contributed by atoms with Gasteiger partial charge in [-0.2, -0.15) is 24.9 Å². The number of aromatic nitrogens is 19. The number of nitrogens with one attached hydrogen (secondary N) is 6. The molecule has 2 saturated heterocycles. The van der Waals surface area contributed by atoms with Gasteiger partial charge in [0.05, 0.1) is 39.9 Å². The Morgan fingerprint density at radius 2 is 0.862 bits per heavy atom. The zero-order valence-electron chi connectivity index (χ0n) is 63.4. The van der Waals surface area contributed by atoms with E-state index < -0.39 is 5.91 Å². The molecule has 4 amide bonds. The number of aliphatic hydroxyl groups excluding tert-OH is 1. The molecule has 2 aliphatic heterocycles. The predicted octanol–water partition coefficient (Wildman–Crippen LogP) is 11.6. The summed E-state index contributed by atoms with van der Waals surface area (Å²) >= 11 is 5.90. The number of pyridine rings is 7. The third-order valence-electron chi connectivity index (χ3n) is 17.8. The molecule has 0 radical (unpaired) electrons. The summed E-state index contributed by atoms with van der Waals surface area (Å²) in [5, 5.41) is 27.7. The fraction of sp³-hybridized carbons (Fsp3) is 0.183. The predicted molar refractivity (Wildman–Crippen MR) is 436 cm³/mol. The molecule has 0 aliphatic carbocycles. The quantitative estimate of drug-likeness (QED) is 0.0419. The number of halogens is 1. The fourth-order valence-corrected chi connectivity index (χ4v) is 11.9. The van der Waals surface area contributed by atoms with Crippen LogP contribution in [0.3, 0.4) is 0 Å². The highest BCUT2D eigenvalue weighted by Crippen LogP contribution is 2.27. The first-order valence-corrected chi connectivity index (χ1v) is 37.1. The highest BCUT2D eigenvalue weighted by molar-refractivity contribution is 6.30. The second-order valence-corrected chi connectivity index (χ2v) is 26.4. The van der Waals surface area contributed by atoms with Crippen LogP contribution in [0.2, 0.25) is 5.02 Å². The van der Waals surface area contributed by atoms with E-state index in [2.05, 4.69) is 155 Å². The van der Waals surface area contributed by atoms with Crippen molar-refractivity contribution in [3.05, 3.63) is 276 Å². The molecule has 2 fully saturated rings. The molecule has 2 aromatic carbocycles. The molecule has 0 spiro atoms. The lowest BCUT2D eigenvalue weighted by atomic mass is 10.1. The lowest BCUT2D eigenvalue weighted by Gasteiger charge is -2.30. The van der Waals surface area contributed by atoms with Crippen LogP contribution in [0.4, 0.5) is 41.2 Å². The van der Waals surface area contributed by atoms with Gasteiger partial charge in [0.25, 0.3) is 23.6 Å². The largest absolute Gasteiger partial charge is 0.451 e. The maximum Gasteiger partial charge on any atom is 0.293 e. The number of hydrogen-bond donors (Lipinski definition) is 7. The van der Waals surface area contributed by atoms with Gasteiger partial charge in [0.1, 0.15) is 70.8 Å². The van der Waals surface area contributed by atoms with Crippen molar-refractivity contribution in [1.29, 1.82) is 0 Å². The second kappa shape index (κ2) is 38.5. The average Bonchev–Trinajstić information content (AvgIpc) is 1.22. The summed E-state index contributed by atoms with van der Waals surface area (Å²) in [6.07, 6.45) is 11.8. The third-order valence-corrected chi connectivity index (χ3v) is 18.0. The number of carbonyl (C=O) groups is 4. The van der Waals surface area contributed by atoms with Gasteiger partial charge in [-0.05, 0) is 174 Å². The van der Waals surface area contributed by atoms with Crippen LogP contribution in [0.1, 0.15) is 95.9 Å². The summed E-state index contributed by atoms with van der Waals surface area (Å²) in [7, 11) is 0. The van der Waals surface area contributed by atoms with Gasteiger partial charge in [0.15, 0.2) is 29.1 Å². The molecule has 16 rings (SSSR count). The fourth-order valence-electron chi connectivity index (χ4n) is 11.8. The number of nitrogens with zero attached hydrogens (tertiary/aromatic N) is 21. The monoisotopic (exact) mass is 1570 g/mol. The van der Waals surface area contributed by atoms with Gasteiger partial charge in [0, 0.05) is 80.7 Å². The first kappa shape index (κ1) is 79.4. The molecular formula is C82H76ClN27O6. The van der Waals surface area contributed by atoms with E-state index in [4.69, 9.17) is 16.0 Å². The first-order chi connectivity index (χ1) is 56.5. The number of hydrogen-bond acceptors (Lipinski definition) is 29. The Morgan fingerprint density at radius 1 is 0.431 bits per heavy atom. The minimum atomic E-state index is -0.460. The lowest BCUT2D eigenvalue weighted by Crippen LogP contribution is -2.44. The van der Waals surface area contributed by atoms with Crippen molar-refractivity contribution in [2.75, 3.05) is 75.7 Å². The summed E-state index contributed by atoms with van der Waals surface area (Å²) in [5.41, 5.74) is 7.62. The molecule has 0 bridgehead atoms. The van der Waals surface area contributed by atoms with E-state index in [1.807, 2.05) is 85.8 Å². The number of aryl methyl sites for hydroxylation is 4. The Balaban J connectivity index is 0.000000135. The van der Waals surface area contributed by atoms with E-state index in [-0.39, 0.29) is 59.4 Å². The normalized spacial score (nSPS) is 12.7. The van der Waals surface area contributed by atoms with Gasteiger partial charge in [-0.15, -0.1) is 0 Å². The molecule has 33 nitrogen and oxygen atoms in total. The van der Waals surface area contributed by atoms with E-state index in [9.17, 15) is 24.3 Å². The molecule has 116 heavy (non-hydrogen) atoms. The van der Waals surface area contributed by atoms with Crippen LogP contribution in [0.25, 0.3) is 57.4 Å². The number of rotatable bonds is 18. The molecule has 7 N–H and O–H groups in total. The molecule has 1 atom stereocenters. The number of benzene rings is 2. The molecule has 34 heteroatoms. The molecule has 582 valence electrons. The summed E-state index contributed by atoms with van der Waals surface area (Å²) in [6.45, 7) is 14.4. The molecule has 0 saturated carbocycles. The Morgan fingerprint density at radius 3 is 1.32 bits per heavy atom. The van der Waals surface area contributed by atoms with E-state index in [0.29, 0.717) is 102 Å². The highest BCUT2D eigenvalue weighted by atomic mass is 35.5. The Hall–Kier alpha value is -14.7. The lowest BCUT2D eigenvalue weighted by molar-refractivity contribution is 0.0992. The Labute approximate surface area is 670 Å². The first-order valence-electron chi connectivity index (χ1n) is 36.7. The standard InChI is InChI=1S/C23H21N7O.C20H14ClN5O2.C20H21N7O2.C19H20N8O/c1-15(17-8-4-3-5-9-17)27-20-12-11-18(16(2)28-20)22(31)30-23-26-14-25-21(29-23)19-10-6-7-13-24-19;1-12-23-18(15-4-2-3-11-22-15)25-20(24-12)26-19(27)17-10-9-16(28-17)13-5-7-14(21)8-6-13;1-13-15(5-6-17(24-13)27-10-7-14(28)8-11-27)19(29)26-20-23-12-22-18(25-20)16-4-2-3-9-21-16;1-13-14(5-6-16(24-13)27-10-8-20-9-11-27)18(28)26-19-23-12-22-17(25-19)15-4-2-3-7-21-15/h3-15H,1-2H3,(H,27,28)(H,25,26,29,30,31);2-11H,1H3,(H,23,24,25,26,27);2-6,9,12,14,28H,7-8,10-11H2,1H3,(H,22,23,25,26,29);2-7,12,20H,8-11H2,1H3,(H,22,23,25,26,28). The molecule has 2 aliphatic rings. The van der Waals surface area contributed by atoms with Crippen molar-refractivity contribution < 1.29 is 28.7 Å². The smallest absolute Gasteiger partial charge is 0.293 e. The maximum absolute atomic E-state index is 12.8. The van der Waals surface area contributed by atoms with E-state index in [1.54, 1.807) is 130 Å². The number of piperidine rings is 1. The van der Waals surface area contributed by atoms with Crippen molar-refractivity contribution >= 4 is 76.5 Å². The van der Waals surface area contributed by atoms with Crippen LogP contribution >= 0.6 is 11.6 Å². The van der Waals surface area contributed by atoms with Crippen molar-refractivity contribution in [2.24, 2.45) is 0 Å². The van der Waals surface area contributed by atoms with Crippen LogP contribution in [-0.2, 0) is 0 Å². The van der Waals surface area contributed by atoms with Crippen LogP contribution in [-0.4, -0.2) is 169 Å². The van der Waals surface area contributed by atoms with Crippen molar-refractivity contribution in [2.45, 2.75) is 59.6 Å². The number of anilines is 7. The van der Waals surface area contributed by atoms with Gasteiger partial charge in [-0.3, -0.25) is 60.4 Å². The van der Waals surface area contributed by atoms with Crippen molar-refractivity contribution in [3.63, 3.8) is 0 Å². The van der Waals surface area contributed by atoms with E-state index >= 15 is 0 Å². The summed E-state index contributed by atoms with van der Waals surface area (Å²) in [5.74, 6) is 4.25. The summed E-state index contributed by atoms with van der Waals surface area (Å²) in [6, 6.07) is 53.1. The minimum absolute atomic E-state index is 0.0861. The van der Waals surface area contributed by atoms with Gasteiger partial charge in [-0.25, -0.2) is 49.8 Å².